The minimum atomic E-state index is -0.782. The second-order valence-corrected chi connectivity index (χ2v) is 9.35. The maximum absolute atomic E-state index is 13.2. The summed E-state index contributed by atoms with van der Waals surface area (Å²) in [4.78, 5) is 30.2. The van der Waals surface area contributed by atoms with Gasteiger partial charge in [0.1, 0.15) is 23.4 Å². The number of carbonyl (C=O) groups is 2. The van der Waals surface area contributed by atoms with Gasteiger partial charge in [-0.25, -0.2) is 0 Å². The van der Waals surface area contributed by atoms with Crippen LogP contribution in [0.2, 0.25) is 0 Å². The largest absolute Gasteiger partial charge is 0.508 e. The Morgan fingerprint density at radius 2 is 1.89 bits per heavy atom. The quantitative estimate of drug-likeness (QED) is 0.374. The highest BCUT2D eigenvalue weighted by Crippen LogP contribution is 2.41. The number of hydrogen-bond acceptors (Lipinski definition) is 7. The molecule has 2 saturated heterocycles. The summed E-state index contributed by atoms with van der Waals surface area (Å²) in [6.07, 6.45) is 1.44. The summed E-state index contributed by atoms with van der Waals surface area (Å²) in [5.74, 6) is -0.769. The zero-order valence-corrected chi connectivity index (χ0v) is 19.8. The van der Waals surface area contributed by atoms with Crippen molar-refractivity contribution in [2.45, 2.75) is 31.9 Å². The third kappa shape index (κ3) is 4.63. The SMILES string of the molecule is C[C@H]1Cc2cc(/C(O)=C3\C(=O)C(=O)N(CCCN4CCOCC4)[C@H]3c3cccc(O)c3)ccc2O1. The summed E-state index contributed by atoms with van der Waals surface area (Å²) in [5.41, 5.74) is 2.04. The number of phenols is 1. The van der Waals surface area contributed by atoms with Gasteiger partial charge in [0, 0.05) is 38.2 Å². The van der Waals surface area contributed by atoms with Crippen LogP contribution in [-0.2, 0) is 20.7 Å². The summed E-state index contributed by atoms with van der Waals surface area (Å²) < 4.78 is 11.2. The van der Waals surface area contributed by atoms with Crippen LogP contribution in [0, 0.1) is 0 Å². The fraction of sp³-hybridized carbons (Fsp3) is 0.407. The van der Waals surface area contributed by atoms with Crippen molar-refractivity contribution in [2.75, 3.05) is 39.4 Å². The molecule has 8 heteroatoms. The highest BCUT2D eigenvalue weighted by Gasteiger charge is 2.46. The fourth-order valence-corrected chi connectivity index (χ4v) is 5.17. The molecular formula is C27H30N2O6. The molecule has 5 rings (SSSR count). The second kappa shape index (κ2) is 9.71. The highest BCUT2D eigenvalue weighted by atomic mass is 16.5. The van der Waals surface area contributed by atoms with Crippen LogP contribution in [0.15, 0.2) is 48.0 Å². The number of aliphatic hydroxyl groups excluding tert-OH is 1. The number of phenolic OH excluding ortho intramolecular Hbond substituents is 1. The van der Waals surface area contributed by atoms with Gasteiger partial charge in [-0.3, -0.25) is 14.5 Å². The molecule has 2 aromatic rings. The first kappa shape index (κ1) is 23.4. The Morgan fingerprint density at radius 1 is 1.09 bits per heavy atom. The Bertz CT molecular complexity index is 1170. The normalized spacial score (nSPS) is 24.0. The molecule has 2 N–H and O–H groups in total. The summed E-state index contributed by atoms with van der Waals surface area (Å²) in [7, 11) is 0. The number of likely N-dealkylation sites (tertiary alicyclic amines) is 1. The molecule has 1 amide bonds. The van der Waals surface area contributed by atoms with Crippen LogP contribution in [0.1, 0.15) is 36.1 Å². The van der Waals surface area contributed by atoms with Crippen LogP contribution in [0.5, 0.6) is 11.5 Å². The molecular weight excluding hydrogens is 448 g/mol. The van der Waals surface area contributed by atoms with Crippen molar-refractivity contribution in [1.82, 2.24) is 9.80 Å². The summed E-state index contributed by atoms with van der Waals surface area (Å²) in [5, 5.41) is 21.4. The number of ketones is 1. The zero-order chi connectivity index (χ0) is 24.5. The minimum absolute atomic E-state index is 0.0325. The highest BCUT2D eigenvalue weighted by molar-refractivity contribution is 6.46. The van der Waals surface area contributed by atoms with Gasteiger partial charge < -0.3 is 24.6 Å². The lowest BCUT2D eigenvalue weighted by Crippen LogP contribution is -2.38. The Balaban J connectivity index is 1.48. The van der Waals surface area contributed by atoms with Crippen molar-refractivity contribution in [3.63, 3.8) is 0 Å². The van der Waals surface area contributed by atoms with E-state index in [-0.39, 0.29) is 23.2 Å². The van der Waals surface area contributed by atoms with Gasteiger partial charge in [0.05, 0.1) is 24.8 Å². The molecule has 2 fully saturated rings. The number of benzene rings is 2. The van der Waals surface area contributed by atoms with E-state index in [9.17, 15) is 19.8 Å². The van der Waals surface area contributed by atoms with Crippen molar-refractivity contribution < 1.29 is 29.3 Å². The molecule has 35 heavy (non-hydrogen) atoms. The smallest absolute Gasteiger partial charge is 0.295 e. The van der Waals surface area contributed by atoms with Gasteiger partial charge in [0.2, 0.25) is 0 Å². The number of rotatable bonds is 6. The third-order valence-corrected chi connectivity index (χ3v) is 6.87. The first-order valence-corrected chi connectivity index (χ1v) is 12.1. The maximum atomic E-state index is 13.2. The lowest BCUT2D eigenvalue weighted by molar-refractivity contribution is -0.140. The average molecular weight is 479 g/mol. The van der Waals surface area contributed by atoms with Crippen LogP contribution >= 0.6 is 0 Å². The predicted octanol–water partition coefficient (Wildman–Crippen LogP) is 2.86. The number of nitrogens with zero attached hydrogens (tertiary/aromatic N) is 2. The summed E-state index contributed by atoms with van der Waals surface area (Å²) in [6, 6.07) is 11.0. The van der Waals surface area contributed by atoms with E-state index in [1.165, 1.54) is 17.0 Å². The first-order valence-electron chi connectivity index (χ1n) is 12.1. The van der Waals surface area contributed by atoms with Gasteiger partial charge in [-0.15, -0.1) is 0 Å². The molecule has 0 aliphatic carbocycles. The molecule has 3 heterocycles. The van der Waals surface area contributed by atoms with Crippen molar-refractivity contribution >= 4 is 17.4 Å². The molecule has 184 valence electrons. The van der Waals surface area contributed by atoms with Gasteiger partial charge in [0.15, 0.2) is 0 Å². The van der Waals surface area contributed by atoms with Gasteiger partial charge in [-0.1, -0.05) is 12.1 Å². The number of fused-ring (bicyclic) bond motifs is 1. The van der Waals surface area contributed by atoms with Crippen molar-refractivity contribution in [2.24, 2.45) is 0 Å². The van der Waals surface area contributed by atoms with E-state index >= 15 is 0 Å². The number of amides is 1. The predicted molar refractivity (Wildman–Crippen MR) is 129 cm³/mol. The molecule has 2 atom stereocenters. The van der Waals surface area contributed by atoms with E-state index in [1.807, 2.05) is 13.0 Å². The number of morpholine rings is 1. The van der Waals surface area contributed by atoms with Crippen LogP contribution in [0.3, 0.4) is 0 Å². The van der Waals surface area contributed by atoms with E-state index in [1.54, 1.807) is 24.3 Å². The Kier molecular flexibility index (Phi) is 6.49. The third-order valence-electron chi connectivity index (χ3n) is 6.87. The monoisotopic (exact) mass is 478 g/mol. The van der Waals surface area contributed by atoms with E-state index < -0.39 is 17.7 Å². The average Bonchev–Trinajstić information content (AvgIpc) is 3.35. The zero-order valence-electron chi connectivity index (χ0n) is 19.8. The molecule has 8 nitrogen and oxygen atoms in total. The molecule has 0 bridgehead atoms. The fourth-order valence-electron chi connectivity index (χ4n) is 5.17. The van der Waals surface area contributed by atoms with Gasteiger partial charge in [-0.2, -0.15) is 0 Å². The van der Waals surface area contributed by atoms with Crippen LogP contribution in [0.25, 0.3) is 5.76 Å². The first-order chi connectivity index (χ1) is 16.9. The van der Waals surface area contributed by atoms with E-state index in [0.29, 0.717) is 43.7 Å². The molecule has 0 saturated carbocycles. The van der Waals surface area contributed by atoms with Gasteiger partial charge in [-0.05, 0) is 54.8 Å². The topological polar surface area (TPSA) is 99.5 Å². The van der Waals surface area contributed by atoms with Crippen LogP contribution in [0.4, 0.5) is 0 Å². The number of hydrogen-bond donors (Lipinski definition) is 2. The number of aromatic hydroxyl groups is 1. The Labute approximate surface area is 204 Å². The summed E-state index contributed by atoms with van der Waals surface area (Å²) in [6.45, 7) is 6.18. The Hall–Kier alpha value is -3.36. The molecule has 0 aromatic heterocycles. The number of Topliss-reactive ketones (excluding diaryl/α,β-unsaturated/α-hetero) is 1. The molecule has 3 aliphatic rings. The van der Waals surface area contributed by atoms with Crippen molar-refractivity contribution in [3.05, 3.63) is 64.7 Å². The Morgan fingerprint density at radius 3 is 2.66 bits per heavy atom. The minimum Gasteiger partial charge on any atom is -0.508 e. The lowest BCUT2D eigenvalue weighted by atomic mass is 9.94. The van der Waals surface area contributed by atoms with Crippen molar-refractivity contribution in [1.29, 1.82) is 0 Å². The van der Waals surface area contributed by atoms with Crippen LogP contribution in [-0.4, -0.2) is 77.2 Å². The lowest BCUT2D eigenvalue weighted by Gasteiger charge is -2.29. The number of aliphatic hydroxyl groups is 1. The van der Waals surface area contributed by atoms with E-state index in [0.717, 1.165) is 30.9 Å². The van der Waals surface area contributed by atoms with E-state index in [2.05, 4.69) is 4.90 Å². The molecule has 0 radical (unpaired) electrons. The second-order valence-electron chi connectivity index (χ2n) is 9.35. The molecule has 0 spiro atoms. The van der Waals surface area contributed by atoms with Crippen molar-refractivity contribution in [3.8, 4) is 11.5 Å². The summed E-state index contributed by atoms with van der Waals surface area (Å²) >= 11 is 0. The molecule has 2 aromatic carbocycles. The maximum Gasteiger partial charge on any atom is 0.295 e. The van der Waals surface area contributed by atoms with Gasteiger partial charge >= 0.3 is 0 Å². The number of carbonyl (C=O) groups excluding carboxylic acids is 2. The van der Waals surface area contributed by atoms with Gasteiger partial charge in [0.25, 0.3) is 11.7 Å². The molecule has 0 unspecified atom stereocenters. The van der Waals surface area contributed by atoms with E-state index in [4.69, 9.17) is 9.47 Å². The molecule has 3 aliphatic heterocycles. The van der Waals surface area contributed by atoms with Crippen LogP contribution < -0.4 is 4.74 Å². The standard InChI is InChI=1S/C27H30N2O6/c1-17-14-20-15-19(6-7-22(20)35-17)25(31)23-24(18-4-2-5-21(30)16-18)29(27(33)26(23)32)9-3-8-28-10-12-34-13-11-28/h2,4-7,15-17,24,30-31H,3,8-14H2,1H3/b25-23+/t17-,24-/m0/s1. The number of ether oxygens (including phenoxy) is 2.